The lowest BCUT2D eigenvalue weighted by atomic mass is 9.84. The summed E-state index contributed by atoms with van der Waals surface area (Å²) in [6, 6.07) is -0.0550. The molecule has 1 aliphatic carbocycles. The summed E-state index contributed by atoms with van der Waals surface area (Å²) in [6.07, 6.45) is 13.2. The molecule has 2 aliphatic heterocycles. The quantitative estimate of drug-likeness (QED) is 0.159. The number of carbonyl (C=O) groups is 3. The van der Waals surface area contributed by atoms with E-state index in [4.69, 9.17) is 16.2 Å². The summed E-state index contributed by atoms with van der Waals surface area (Å²) in [5, 5.41) is 24.7. The van der Waals surface area contributed by atoms with Crippen molar-refractivity contribution in [2.24, 2.45) is 11.7 Å². The topological polar surface area (TPSA) is 161 Å². The molecule has 10 nitrogen and oxygen atoms in total. The first-order valence-corrected chi connectivity index (χ1v) is 12.1. The number of carboxylic acid groups (broad SMARTS) is 1. The summed E-state index contributed by atoms with van der Waals surface area (Å²) in [7, 11) is 0. The van der Waals surface area contributed by atoms with Gasteiger partial charge in [-0.15, -0.1) is 0 Å². The summed E-state index contributed by atoms with van der Waals surface area (Å²) in [4.78, 5) is 35.2. The van der Waals surface area contributed by atoms with Crippen molar-refractivity contribution in [3.05, 3.63) is 11.8 Å². The third-order valence-corrected chi connectivity index (χ3v) is 6.56. The molecule has 1 saturated carbocycles. The van der Waals surface area contributed by atoms with E-state index < -0.39 is 5.97 Å². The van der Waals surface area contributed by atoms with Crippen molar-refractivity contribution in [2.75, 3.05) is 26.2 Å². The number of nitrogens with zero attached hydrogens (tertiary/aromatic N) is 1. The summed E-state index contributed by atoms with van der Waals surface area (Å²) < 4.78 is 0. The fourth-order valence-electron chi connectivity index (χ4n) is 4.66. The molecule has 2 fully saturated rings. The Morgan fingerprint density at radius 1 is 1.21 bits per heavy atom. The average molecular weight is 465 g/mol. The van der Waals surface area contributed by atoms with E-state index >= 15 is 0 Å². The van der Waals surface area contributed by atoms with Crippen LogP contribution in [0.1, 0.15) is 64.2 Å². The highest BCUT2D eigenvalue weighted by atomic mass is 16.4. The lowest BCUT2D eigenvalue weighted by Crippen LogP contribution is -2.48. The van der Waals surface area contributed by atoms with Crippen LogP contribution in [0.25, 0.3) is 0 Å². The standard InChI is InChI=1S/C15H26N2O3.C8H14N4O/c18-14(19)11-16-13(10-12-6-2-1-3-7-12)15(20)17-8-4-5-9-17;9-8(10)6-1-2-7(12-3-6)4-11-5-13/h12-13,16H,1-11H2,(H,18,19);3,5,7,12H,1-2,4H2,(H3,9,10)(H,11,13). The van der Waals surface area contributed by atoms with Crippen LogP contribution in [0, 0.1) is 11.3 Å². The Hall–Kier alpha value is -2.62. The second kappa shape index (κ2) is 14.5. The van der Waals surface area contributed by atoms with Crippen LogP contribution in [0.2, 0.25) is 0 Å². The number of amidine groups is 1. The van der Waals surface area contributed by atoms with Crippen LogP contribution in [0.3, 0.4) is 0 Å². The maximum Gasteiger partial charge on any atom is 0.317 e. The van der Waals surface area contributed by atoms with Crippen LogP contribution in [0.15, 0.2) is 11.8 Å². The second-order valence-corrected chi connectivity index (χ2v) is 9.11. The zero-order chi connectivity index (χ0) is 24.1. The lowest BCUT2D eigenvalue weighted by molar-refractivity contribution is -0.137. The van der Waals surface area contributed by atoms with Gasteiger partial charge in [0.25, 0.3) is 0 Å². The highest BCUT2D eigenvalue weighted by molar-refractivity contribution is 5.94. The number of hydrogen-bond donors (Lipinski definition) is 6. The van der Waals surface area contributed by atoms with Gasteiger partial charge in [-0.1, -0.05) is 32.1 Å². The molecule has 2 atom stereocenters. The third-order valence-electron chi connectivity index (χ3n) is 6.56. The molecule has 0 spiro atoms. The zero-order valence-corrected chi connectivity index (χ0v) is 19.5. The predicted octanol–water partition coefficient (Wildman–Crippen LogP) is 0.926. The first-order valence-electron chi connectivity index (χ1n) is 12.1. The van der Waals surface area contributed by atoms with E-state index in [9.17, 15) is 14.4 Å². The molecule has 0 aromatic rings. The minimum Gasteiger partial charge on any atom is -0.480 e. The van der Waals surface area contributed by atoms with E-state index in [0.717, 1.165) is 50.8 Å². The molecule has 0 radical (unpaired) electrons. The van der Waals surface area contributed by atoms with E-state index in [2.05, 4.69) is 16.0 Å². The molecule has 186 valence electrons. The molecule has 2 heterocycles. The average Bonchev–Trinajstić information content (AvgIpc) is 3.36. The largest absolute Gasteiger partial charge is 0.480 e. The van der Waals surface area contributed by atoms with Gasteiger partial charge < -0.3 is 26.4 Å². The number of hydrogen-bond acceptors (Lipinski definition) is 6. The Bertz CT molecular complexity index is 686. The number of nitrogens with one attached hydrogen (secondary N) is 4. The number of amides is 2. The van der Waals surface area contributed by atoms with E-state index in [-0.39, 0.29) is 30.4 Å². The fourth-order valence-corrected chi connectivity index (χ4v) is 4.66. The second-order valence-electron chi connectivity index (χ2n) is 9.11. The van der Waals surface area contributed by atoms with Gasteiger partial charge >= 0.3 is 5.97 Å². The van der Waals surface area contributed by atoms with Crippen LogP contribution in [-0.4, -0.2) is 72.4 Å². The summed E-state index contributed by atoms with van der Waals surface area (Å²) in [5.74, 6) is -0.0990. The fraction of sp³-hybridized carbons (Fsp3) is 0.739. The van der Waals surface area contributed by atoms with Crippen molar-refractivity contribution in [1.29, 1.82) is 5.41 Å². The van der Waals surface area contributed by atoms with Gasteiger partial charge in [-0.2, -0.15) is 0 Å². The normalized spacial score (nSPS) is 21.6. The van der Waals surface area contributed by atoms with Gasteiger partial charge in [0.15, 0.2) is 0 Å². The molecular formula is C23H40N6O4. The Labute approximate surface area is 196 Å². The van der Waals surface area contributed by atoms with Gasteiger partial charge in [-0.25, -0.2) is 0 Å². The molecule has 0 bridgehead atoms. The first kappa shape index (κ1) is 26.6. The Balaban J connectivity index is 0.000000257. The number of rotatable bonds is 10. The summed E-state index contributed by atoms with van der Waals surface area (Å²) in [6.45, 7) is 2.14. The Morgan fingerprint density at radius 2 is 1.91 bits per heavy atom. The van der Waals surface area contributed by atoms with Crippen LogP contribution < -0.4 is 21.7 Å². The molecule has 3 aliphatic rings. The smallest absolute Gasteiger partial charge is 0.317 e. The molecule has 7 N–H and O–H groups in total. The van der Waals surface area contributed by atoms with Crippen LogP contribution in [0.4, 0.5) is 0 Å². The minimum atomic E-state index is -0.895. The van der Waals surface area contributed by atoms with Crippen molar-refractivity contribution < 1.29 is 19.5 Å². The number of carbonyl (C=O) groups excluding carboxylic acids is 2. The molecule has 0 aromatic heterocycles. The third kappa shape index (κ3) is 9.81. The van der Waals surface area contributed by atoms with Gasteiger partial charge in [0.1, 0.15) is 5.84 Å². The zero-order valence-electron chi connectivity index (χ0n) is 19.5. The van der Waals surface area contributed by atoms with Gasteiger partial charge in [0.2, 0.25) is 12.3 Å². The monoisotopic (exact) mass is 464 g/mol. The molecule has 1 saturated heterocycles. The van der Waals surface area contributed by atoms with Gasteiger partial charge in [-0.05, 0) is 38.0 Å². The molecule has 0 aromatic carbocycles. The van der Waals surface area contributed by atoms with E-state index in [1.165, 1.54) is 32.1 Å². The molecule has 10 heteroatoms. The summed E-state index contributed by atoms with van der Waals surface area (Å²) in [5.41, 5.74) is 6.15. The maximum atomic E-state index is 12.5. The Morgan fingerprint density at radius 3 is 2.45 bits per heavy atom. The molecule has 33 heavy (non-hydrogen) atoms. The molecule has 3 rings (SSSR count). The summed E-state index contributed by atoms with van der Waals surface area (Å²) >= 11 is 0. The Kier molecular flexibility index (Phi) is 11.7. The number of likely N-dealkylation sites (tertiary alicyclic amines) is 1. The number of aliphatic carboxylic acids is 1. The van der Waals surface area contributed by atoms with Crippen molar-refractivity contribution >= 4 is 24.1 Å². The first-order chi connectivity index (χ1) is 15.9. The van der Waals surface area contributed by atoms with Crippen LogP contribution in [0.5, 0.6) is 0 Å². The SMILES string of the molecule is N=C(N)C1=CNC(CNC=O)CC1.O=C(O)CNC(CC1CCCCC1)C(=O)N1CCCC1. The van der Waals surface area contributed by atoms with Crippen LogP contribution in [-0.2, 0) is 14.4 Å². The highest BCUT2D eigenvalue weighted by Crippen LogP contribution is 2.28. The lowest BCUT2D eigenvalue weighted by Gasteiger charge is -2.29. The van der Waals surface area contributed by atoms with E-state index in [0.29, 0.717) is 18.9 Å². The van der Waals surface area contributed by atoms with Crippen molar-refractivity contribution in [1.82, 2.24) is 20.9 Å². The number of nitrogens with two attached hydrogens (primary N) is 1. The number of carboxylic acids is 1. The van der Waals surface area contributed by atoms with Crippen LogP contribution >= 0.6 is 0 Å². The van der Waals surface area contributed by atoms with Crippen molar-refractivity contribution in [2.45, 2.75) is 76.3 Å². The molecule has 2 amide bonds. The minimum absolute atomic E-state index is 0.106. The molecule has 2 unspecified atom stereocenters. The molecular weight excluding hydrogens is 424 g/mol. The van der Waals surface area contributed by atoms with Gasteiger partial charge in [-0.3, -0.25) is 25.1 Å². The maximum absolute atomic E-state index is 12.5. The highest BCUT2D eigenvalue weighted by Gasteiger charge is 2.29. The van der Waals surface area contributed by atoms with Crippen molar-refractivity contribution in [3.8, 4) is 0 Å². The van der Waals surface area contributed by atoms with Gasteiger partial charge in [0, 0.05) is 37.4 Å². The van der Waals surface area contributed by atoms with Crippen molar-refractivity contribution in [3.63, 3.8) is 0 Å². The predicted molar refractivity (Wildman–Crippen MR) is 127 cm³/mol. The van der Waals surface area contributed by atoms with E-state index in [1.807, 2.05) is 4.90 Å². The van der Waals surface area contributed by atoms with Gasteiger partial charge in [0.05, 0.1) is 12.6 Å². The van der Waals surface area contributed by atoms with E-state index in [1.54, 1.807) is 6.20 Å².